The number of hydrogen-bond donors (Lipinski definition) is 2. The van der Waals surface area contributed by atoms with E-state index >= 15 is 0 Å². The van der Waals surface area contributed by atoms with Gasteiger partial charge in [0, 0.05) is 19.1 Å². The van der Waals surface area contributed by atoms with Crippen LogP contribution in [-0.4, -0.2) is 37.9 Å². The van der Waals surface area contributed by atoms with Crippen molar-refractivity contribution in [3.05, 3.63) is 35.1 Å². The highest BCUT2D eigenvalue weighted by molar-refractivity contribution is 5.89. The van der Waals surface area contributed by atoms with Crippen molar-refractivity contribution in [2.75, 3.05) is 26.8 Å². The number of methoxy groups -OCH3 is 1. The minimum Gasteiger partial charge on any atom is -0.465 e. The molecule has 0 radical (unpaired) electrons. The lowest BCUT2D eigenvalue weighted by atomic mass is 9.81. The molecule has 1 fully saturated rings. The maximum absolute atomic E-state index is 13.6. The first-order chi connectivity index (χ1) is 9.17. The van der Waals surface area contributed by atoms with Crippen LogP contribution in [0, 0.1) is 11.7 Å². The standard InChI is InChI=1S/C14H18FNO3/c1-19-14(18)12-6-9(2-3-13(12)15)11-4-5-16-7-10(11)8-17/h2-3,6,10-11,16-17H,4-5,7-8H2,1H3. The number of halogens is 1. The highest BCUT2D eigenvalue weighted by atomic mass is 19.1. The predicted octanol–water partition coefficient (Wildman–Crippen LogP) is 1.30. The molecule has 1 aliphatic heterocycles. The highest BCUT2D eigenvalue weighted by Crippen LogP contribution is 2.31. The van der Waals surface area contributed by atoms with Gasteiger partial charge in [-0.3, -0.25) is 0 Å². The topological polar surface area (TPSA) is 58.6 Å². The number of rotatable bonds is 3. The van der Waals surface area contributed by atoms with Crippen molar-refractivity contribution < 1.29 is 19.0 Å². The first kappa shape index (κ1) is 14.0. The summed E-state index contributed by atoms with van der Waals surface area (Å²) >= 11 is 0. The van der Waals surface area contributed by atoms with Gasteiger partial charge in [-0.1, -0.05) is 6.07 Å². The zero-order chi connectivity index (χ0) is 13.8. The predicted molar refractivity (Wildman–Crippen MR) is 68.5 cm³/mol. The fourth-order valence-corrected chi connectivity index (χ4v) is 2.59. The number of aliphatic hydroxyl groups excluding tert-OH is 1. The Hall–Kier alpha value is -1.46. The summed E-state index contributed by atoms with van der Waals surface area (Å²) in [5.41, 5.74) is 0.831. The molecule has 2 rings (SSSR count). The van der Waals surface area contributed by atoms with Gasteiger partial charge in [0.15, 0.2) is 0 Å². The fourth-order valence-electron chi connectivity index (χ4n) is 2.59. The Morgan fingerprint density at radius 3 is 3.05 bits per heavy atom. The third kappa shape index (κ3) is 2.93. The van der Waals surface area contributed by atoms with E-state index in [0.717, 1.165) is 25.1 Å². The van der Waals surface area contributed by atoms with Crippen LogP contribution in [-0.2, 0) is 4.74 Å². The van der Waals surface area contributed by atoms with Crippen molar-refractivity contribution in [2.24, 2.45) is 5.92 Å². The molecule has 1 heterocycles. The van der Waals surface area contributed by atoms with Gasteiger partial charge < -0.3 is 15.2 Å². The van der Waals surface area contributed by atoms with Crippen LogP contribution in [0.3, 0.4) is 0 Å². The molecule has 1 aromatic rings. The van der Waals surface area contributed by atoms with Crippen LogP contribution in [0.2, 0.25) is 0 Å². The van der Waals surface area contributed by atoms with E-state index in [1.807, 2.05) is 0 Å². The SMILES string of the molecule is COC(=O)c1cc(C2CCNCC2CO)ccc1F. The second-order valence-electron chi connectivity index (χ2n) is 4.77. The van der Waals surface area contributed by atoms with Crippen molar-refractivity contribution in [3.8, 4) is 0 Å². The second-order valence-corrected chi connectivity index (χ2v) is 4.77. The summed E-state index contributed by atoms with van der Waals surface area (Å²) in [7, 11) is 1.23. The molecule has 0 aliphatic carbocycles. The number of benzene rings is 1. The van der Waals surface area contributed by atoms with Gasteiger partial charge in [-0.25, -0.2) is 9.18 Å². The van der Waals surface area contributed by atoms with Crippen LogP contribution in [0.5, 0.6) is 0 Å². The number of carbonyl (C=O) groups is 1. The molecule has 1 aliphatic rings. The minimum atomic E-state index is -0.672. The summed E-state index contributed by atoms with van der Waals surface area (Å²) in [4.78, 5) is 11.5. The number of carbonyl (C=O) groups excluding carboxylic acids is 1. The average Bonchev–Trinajstić information content (AvgIpc) is 2.47. The summed E-state index contributed by atoms with van der Waals surface area (Å²) in [5, 5.41) is 12.6. The summed E-state index contributed by atoms with van der Waals surface area (Å²) < 4.78 is 18.2. The van der Waals surface area contributed by atoms with Gasteiger partial charge in [-0.05, 0) is 36.6 Å². The third-order valence-electron chi connectivity index (χ3n) is 3.67. The van der Waals surface area contributed by atoms with Crippen LogP contribution in [0.4, 0.5) is 4.39 Å². The van der Waals surface area contributed by atoms with Gasteiger partial charge in [0.05, 0.1) is 12.7 Å². The molecule has 19 heavy (non-hydrogen) atoms. The summed E-state index contributed by atoms with van der Waals surface area (Å²) in [6.07, 6.45) is 0.859. The van der Waals surface area contributed by atoms with Crippen molar-refractivity contribution in [1.82, 2.24) is 5.32 Å². The van der Waals surface area contributed by atoms with E-state index in [1.54, 1.807) is 12.1 Å². The summed E-state index contributed by atoms with van der Waals surface area (Å²) in [5.74, 6) is -1.03. The fraction of sp³-hybridized carbons (Fsp3) is 0.500. The van der Waals surface area contributed by atoms with E-state index < -0.39 is 11.8 Å². The number of piperidine rings is 1. The normalized spacial score (nSPS) is 23.1. The largest absolute Gasteiger partial charge is 0.465 e. The molecule has 1 saturated heterocycles. The highest BCUT2D eigenvalue weighted by Gasteiger charge is 2.27. The lowest BCUT2D eigenvalue weighted by molar-refractivity contribution is 0.0595. The molecule has 4 nitrogen and oxygen atoms in total. The van der Waals surface area contributed by atoms with E-state index in [-0.39, 0.29) is 24.0 Å². The van der Waals surface area contributed by atoms with E-state index in [2.05, 4.69) is 10.1 Å². The Morgan fingerprint density at radius 2 is 2.37 bits per heavy atom. The number of ether oxygens (including phenoxy) is 1. The van der Waals surface area contributed by atoms with Gasteiger partial charge in [0.25, 0.3) is 0 Å². The van der Waals surface area contributed by atoms with Gasteiger partial charge in [0.1, 0.15) is 5.82 Å². The van der Waals surface area contributed by atoms with Crippen LogP contribution < -0.4 is 5.32 Å². The van der Waals surface area contributed by atoms with E-state index in [9.17, 15) is 14.3 Å². The zero-order valence-corrected chi connectivity index (χ0v) is 10.9. The van der Waals surface area contributed by atoms with Gasteiger partial charge in [-0.2, -0.15) is 0 Å². The molecule has 0 spiro atoms. The molecule has 2 unspecified atom stereocenters. The van der Waals surface area contributed by atoms with Crippen LogP contribution in [0.25, 0.3) is 0 Å². The smallest absolute Gasteiger partial charge is 0.340 e. The molecule has 2 N–H and O–H groups in total. The Labute approximate surface area is 111 Å². The van der Waals surface area contributed by atoms with Gasteiger partial charge in [0.2, 0.25) is 0 Å². The van der Waals surface area contributed by atoms with Crippen molar-refractivity contribution in [2.45, 2.75) is 12.3 Å². The van der Waals surface area contributed by atoms with Crippen LogP contribution in [0.15, 0.2) is 18.2 Å². The molecule has 104 valence electrons. The van der Waals surface area contributed by atoms with Crippen LogP contribution in [0.1, 0.15) is 28.3 Å². The van der Waals surface area contributed by atoms with E-state index in [4.69, 9.17) is 0 Å². The lowest BCUT2D eigenvalue weighted by Crippen LogP contribution is -2.37. The van der Waals surface area contributed by atoms with Gasteiger partial charge in [-0.15, -0.1) is 0 Å². The molecular weight excluding hydrogens is 249 g/mol. The first-order valence-corrected chi connectivity index (χ1v) is 6.36. The summed E-state index contributed by atoms with van der Waals surface area (Å²) in [6, 6.07) is 4.51. The molecule has 1 aromatic carbocycles. The quantitative estimate of drug-likeness (QED) is 0.810. The minimum absolute atomic E-state index is 0.0461. The molecule has 0 aromatic heterocycles. The Morgan fingerprint density at radius 1 is 1.58 bits per heavy atom. The molecule has 0 saturated carbocycles. The average molecular weight is 267 g/mol. The first-order valence-electron chi connectivity index (χ1n) is 6.36. The number of hydrogen-bond acceptors (Lipinski definition) is 4. The van der Waals surface area contributed by atoms with Crippen molar-refractivity contribution >= 4 is 5.97 Å². The molecular formula is C14H18FNO3. The molecule has 0 bridgehead atoms. The Bertz CT molecular complexity index is 464. The maximum Gasteiger partial charge on any atom is 0.340 e. The van der Waals surface area contributed by atoms with E-state index in [0.29, 0.717) is 0 Å². The second kappa shape index (κ2) is 6.12. The Balaban J connectivity index is 2.31. The van der Waals surface area contributed by atoms with Gasteiger partial charge >= 0.3 is 5.97 Å². The third-order valence-corrected chi connectivity index (χ3v) is 3.67. The summed E-state index contributed by atoms with van der Waals surface area (Å²) in [6.45, 7) is 1.65. The van der Waals surface area contributed by atoms with Crippen molar-refractivity contribution in [3.63, 3.8) is 0 Å². The van der Waals surface area contributed by atoms with E-state index in [1.165, 1.54) is 13.2 Å². The number of aliphatic hydroxyl groups is 1. The lowest BCUT2D eigenvalue weighted by Gasteiger charge is -2.31. The van der Waals surface area contributed by atoms with Crippen LogP contribution >= 0.6 is 0 Å². The maximum atomic E-state index is 13.6. The molecule has 5 heteroatoms. The Kier molecular flexibility index (Phi) is 4.50. The monoisotopic (exact) mass is 267 g/mol. The van der Waals surface area contributed by atoms with Crippen molar-refractivity contribution in [1.29, 1.82) is 0 Å². The zero-order valence-electron chi connectivity index (χ0n) is 10.9. The number of esters is 1. The molecule has 0 amide bonds. The number of nitrogens with one attached hydrogen (secondary N) is 1. The molecule has 2 atom stereocenters.